The fourth-order valence-electron chi connectivity index (χ4n) is 7.75. The third-order valence-electron chi connectivity index (χ3n) is 10.0. The maximum atomic E-state index is 14.1. The Morgan fingerprint density at radius 2 is 1.72 bits per heavy atom. The van der Waals surface area contributed by atoms with Crippen LogP contribution in [-0.4, -0.2) is 46.9 Å². The summed E-state index contributed by atoms with van der Waals surface area (Å²) in [6, 6.07) is 3.64. The van der Waals surface area contributed by atoms with Crippen molar-refractivity contribution >= 4 is 17.7 Å². The molecular weight excluding hydrogens is 500 g/mol. The van der Waals surface area contributed by atoms with Crippen molar-refractivity contribution in [3.8, 4) is 11.5 Å². The molecule has 1 aliphatic carbocycles. The van der Waals surface area contributed by atoms with Crippen LogP contribution in [0.2, 0.25) is 0 Å². The zero-order chi connectivity index (χ0) is 28.6. The smallest absolute Gasteiger partial charge is 0.308 e. The molecule has 8 nitrogen and oxygen atoms in total. The van der Waals surface area contributed by atoms with Crippen molar-refractivity contribution in [1.29, 1.82) is 0 Å². The molecule has 214 valence electrons. The molecule has 5 rings (SSSR count). The molecule has 0 unspecified atom stereocenters. The monoisotopic (exact) mass is 542 g/mol. The summed E-state index contributed by atoms with van der Waals surface area (Å²) in [6.07, 6.45) is 3.59. The molecule has 3 aliphatic heterocycles. The molecule has 8 heteroatoms. The Morgan fingerprint density at radius 1 is 1.00 bits per heavy atom. The number of carbonyl (C=O) groups excluding carboxylic acids is 3. The molecule has 0 N–H and O–H groups in total. The summed E-state index contributed by atoms with van der Waals surface area (Å²) in [7, 11) is 0. The van der Waals surface area contributed by atoms with E-state index in [1.54, 1.807) is 6.07 Å². The average Bonchev–Trinajstić information content (AvgIpc) is 3.31. The summed E-state index contributed by atoms with van der Waals surface area (Å²) in [5.41, 5.74) is -0.411. The van der Waals surface area contributed by atoms with Gasteiger partial charge in [-0.15, -0.1) is 0 Å². The van der Waals surface area contributed by atoms with E-state index in [0.29, 0.717) is 25.0 Å². The quantitative estimate of drug-likeness (QED) is 0.361. The van der Waals surface area contributed by atoms with E-state index in [4.69, 9.17) is 23.7 Å². The first kappa shape index (κ1) is 28.1. The Balaban J connectivity index is 1.39. The van der Waals surface area contributed by atoms with Crippen LogP contribution in [0.15, 0.2) is 12.1 Å². The third-order valence-corrected chi connectivity index (χ3v) is 10.0. The first-order valence-electron chi connectivity index (χ1n) is 14.1. The molecule has 0 aromatic heterocycles. The van der Waals surface area contributed by atoms with E-state index in [9.17, 15) is 14.4 Å². The minimum absolute atomic E-state index is 0.0139. The SMILES string of the molecule is CC(=O)Oc1cc(C)c2c(c1)CC[C@@](C)(CC(=O)[C@@H]1O[C@]3(C[C@H](OC(C)=O)C(C)(C)O3)[C@]3(C)CCC[C@]13C)O2. The van der Waals surface area contributed by atoms with Gasteiger partial charge in [-0.25, -0.2) is 0 Å². The Hall–Kier alpha value is -2.45. The molecule has 39 heavy (non-hydrogen) atoms. The second-order valence-electron chi connectivity index (χ2n) is 13.4. The van der Waals surface area contributed by atoms with Crippen molar-refractivity contribution in [1.82, 2.24) is 0 Å². The summed E-state index contributed by atoms with van der Waals surface area (Å²) in [4.78, 5) is 37.4. The molecule has 0 bridgehead atoms. The van der Waals surface area contributed by atoms with Crippen molar-refractivity contribution in [2.75, 3.05) is 0 Å². The van der Waals surface area contributed by atoms with Gasteiger partial charge in [-0.1, -0.05) is 20.3 Å². The minimum atomic E-state index is -1.01. The van der Waals surface area contributed by atoms with Gasteiger partial charge in [0.2, 0.25) is 0 Å². The number of ether oxygens (including phenoxy) is 5. The lowest BCUT2D eigenvalue weighted by Gasteiger charge is -2.43. The average molecular weight is 543 g/mol. The third kappa shape index (κ3) is 4.38. The Bertz CT molecular complexity index is 1220. The van der Waals surface area contributed by atoms with Crippen LogP contribution in [0.1, 0.15) is 98.1 Å². The Kier molecular flexibility index (Phi) is 6.50. The lowest BCUT2D eigenvalue weighted by Crippen LogP contribution is -2.48. The second kappa shape index (κ2) is 9.03. The predicted molar refractivity (Wildman–Crippen MR) is 142 cm³/mol. The van der Waals surface area contributed by atoms with Crippen molar-refractivity contribution in [3.63, 3.8) is 0 Å². The van der Waals surface area contributed by atoms with E-state index in [2.05, 4.69) is 13.8 Å². The van der Waals surface area contributed by atoms with Crippen molar-refractivity contribution in [2.45, 2.75) is 130 Å². The Morgan fingerprint density at radius 3 is 2.38 bits per heavy atom. The number of fused-ring (bicyclic) bond motifs is 3. The van der Waals surface area contributed by atoms with Gasteiger partial charge in [-0.3, -0.25) is 14.4 Å². The number of carbonyl (C=O) groups is 3. The van der Waals surface area contributed by atoms with E-state index >= 15 is 0 Å². The molecule has 0 amide bonds. The zero-order valence-corrected chi connectivity index (χ0v) is 24.5. The molecule has 2 saturated heterocycles. The summed E-state index contributed by atoms with van der Waals surface area (Å²) >= 11 is 0. The van der Waals surface area contributed by atoms with Crippen LogP contribution in [0.3, 0.4) is 0 Å². The molecule has 6 atom stereocenters. The van der Waals surface area contributed by atoms with Crippen LogP contribution in [0, 0.1) is 17.8 Å². The lowest BCUT2D eigenvalue weighted by molar-refractivity contribution is -0.273. The minimum Gasteiger partial charge on any atom is -0.487 e. The maximum Gasteiger partial charge on any atom is 0.308 e. The van der Waals surface area contributed by atoms with Crippen molar-refractivity contribution < 1.29 is 38.1 Å². The van der Waals surface area contributed by atoms with Crippen molar-refractivity contribution in [3.05, 3.63) is 23.3 Å². The largest absolute Gasteiger partial charge is 0.487 e. The normalized spacial score (nSPS) is 38.2. The van der Waals surface area contributed by atoms with Gasteiger partial charge in [-0.2, -0.15) is 0 Å². The molecule has 1 aromatic carbocycles. The Labute approximate surface area is 231 Å². The molecule has 3 fully saturated rings. The van der Waals surface area contributed by atoms with Gasteiger partial charge < -0.3 is 23.7 Å². The van der Waals surface area contributed by atoms with Gasteiger partial charge in [0, 0.05) is 37.5 Å². The number of rotatable bonds is 5. The number of benzene rings is 1. The second-order valence-corrected chi connectivity index (χ2v) is 13.4. The van der Waals surface area contributed by atoms with Gasteiger partial charge in [-0.05, 0) is 76.6 Å². The van der Waals surface area contributed by atoms with Gasteiger partial charge >= 0.3 is 11.9 Å². The van der Waals surface area contributed by atoms with Crippen LogP contribution in [0.25, 0.3) is 0 Å². The fraction of sp³-hybridized carbons (Fsp3) is 0.710. The lowest BCUT2D eigenvalue weighted by atomic mass is 9.61. The maximum absolute atomic E-state index is 14.1. The molecule has 3 heterocycles. The highest BCUT2D eigenvalue weighted by Gasteiger charge is 2.76. The number of Topliss-reactive ketones (excluding diaryl/α,β-unsaturated/α-hetero) is 1. The first-order chi connectivity index (χ1) is 18.0. The highest BCUT2D eigenvalue weighted by atomic mass is 16.7. The summed E-state index contributed by atoms with van der Waals surface area (Å²) < 4.78 is 30.9. The van der Waals surface area contributed by atoms with E-state index < -0.39 is 40.0 Å². The highest BCUT2D eigenvalue weighted by Crippen LogP contribution is 2.71. The summed E-state index contributed by atoms with van der Waals surface area (Å²) in [5, 5.41) is 0. The zero-order valence-electron chi connectivity index (χ0n) is 24.5. The van der Waals surface area contributed by atoms with Crippen LogP contribution < -0.4 is 9.47 Å². The standard InChI is InChI=1S/C31H42O8/c1-18-14-22(35-19(2)32)15-21-10-13-28(6,37-25(18)21)16-23(34)26-29(7)11-9-12-30(29,8)31(38-26)17-24(36-20(3)33)27(4,5)39-31/h14-15,24,26H,9-13,16-17H2,1-8H3/t24-,26-,28-,29+,30+,31-/m0/s1. The topological polar surface area (TPSA) is 97.4 Å². The van der Waals surface area contributed by atoms with E-state index in [1.807, 2.05) is 33.8 Å². The number of hydrogen-bond donors (Lipinski definition) is 0. The van der Waals surface area contributed by atoms with Crippen LogP contribution in [-0.2, 0) is 35.0 Å². The summed E-state index contributed by atoms with van der Waals surface area (Å²) in [5.74, 6) is -0.453. The molecule has 4 aliphatic rings. The van der Waals surface area contributed by atoms with Gasteiger partial charge in [0.05, 0.1) is 0 Å². The van der Waals surface area contributed by atoms with Crippen LogP contribution in [0.4, 0.5) is 0 Å². The number of hydrogen-bond acceptors (Lipinski definition) is 8. The van der Waals surface area contributed by atoms with Gasteiger partial charge in [0.1, 0.15) is 34.9 Å². The first-order valence-corrected chi connectivity index (χ1v) is 14.1. The van der Waals surface area contributed by atoms with E-state index in [1.165, 1.54) is 13.8 Å². The molecule has 1 aromatic rings. The van der Waals surface area contributed by atoms with Gasteiger partial charge in [0.25, 0.3) is 0 Å². The van der Waals surface area contributed by atoms with Crippen LogP contribution in [0.5, 0.6) is 11.5 Å². The van der Waals surface area contributed by atoms with Crippen molar-refractivity contribution in [2.24, 2.45) is 10.8 Å². The number of ketones is 1. The number of esters is 2. The number of aryl methyl sites for hydroxylation is 2. The molecule has 1 saturated carbocycles. The molecule has 0 radical (unpaired) electrons. The van der Waals surface area contributed by atoms with Crippen LogP contribution >= 0.6 is 0 Å². The van der Waals surface area contributed by atoms with Gasteiger partial charge in [0.15, 0.2) is 11.6 Å². The summed E-state index contributed by atoms with van der Waals surface area (Å²) in [6.45, 7) is 14.9. The fourth-order valence-corrected chi connectivity index (χ4v) is 7.75. The van der Waals surface area contributed by atoms with E-state index in [0.717, 1.165) is 36.1 Å². The van der Waals surface area contributed by atoms with E-state index in [-0.39, 0.29) is 24.1 Å². The highest BCUT2D eigenvalue weighted by molar-refractivity contribution is 5.86. The molecular formula is C31H42O8. The predicted octanol–water partition coefficient (Wildman–Crippen LogP) is 5.39. The molecule has 1 spiro atoms.